The van der Waals surface area contributed by atoms with Crippen LogP contribution in [0.5, 0.6) is 11.5 Å². The smallest absolute Gasteiger partial charge is 0.174 e. The Balaban J connectivity index is 1.72. The van der Waals surface area contributed by atoms with E-state index in [9.17, 15) is 9.90 Å². The summed E-state index contributed by atoms with van der Waals surface area (Å²) in [6, 6.07) is 4.19. The first kappa shape index (κ1) is 13.7. The maximum atomic E-state index is 12.8. The Labute approximate surface area is 140 Å². The Morgan fingerprint density at radius 1 is 1.42 bits per heavy atom. The third-order valence-electron chi connectivity index (χ3n) is 7.59. The highest BCUT2D eigenvalue weighted by Crippen LogP contribution is 2.74. The van der Waals surface area contributed by atoms with Crippen LogP contribution in [0.15, 0.2) is 12.1 Å². The van der Waals surface area contributed by atoms with Crippen LogP contribution in [-0.4, -0.2) is 54.2 Å². The molecule has 0 amide bonds. The predicted octanol–water partition coefficient (Wildman–Crippen LogP) is 1.05. The number of nitrogens with zero attached hydrogens (tertiary/aromatic N) is 1. The largest absolute Gasteiger partial charge is 0.493 e. The molecule has 5 aliphatic rings. The molecular formula is C19H21NO4. The van der Waals surface area contributed by atoms with E-state index in [0.717, 1.165) is 24.9 Å². The SMILES string of the molecule is COc1ccc2c3c1O[C@H]1C(=O)CC[C@@]4(O)[C@@H]5N(C)C[C@]5(C2)C[C@]314. The van der Waals surface area contributed by atoms with Gasteiger partial charge in [-0.2, -0.15) is 0 Å². The number of likely N-dealkylation sites (tertiary alicyclic amines) is 1. The van der Waals surface area contributed by atoms with Crippen molar-refractivity contribution in [3.63, 3.8) is 0 Å². The zero-order chi connectivity index (χ0) is 16.5. The van der Waals surface area contributed by atoms with E-state index in [-0.39, 0.29) is 17.2 Å². The number of fused-ring (bicyclic) bond motifs is 1. The second-order valence-corrected chi connectivity index (χ2v) is 8.52. The number of carbonyl (C=O) groups excluding carboxylic acids is 1. The van der Waals surface area contributed by atoms with E-state index < -0.39 is 17.1 Å². The Morgan fingerprint density at radius 3 is 3.00 bits per heavy atom. The molecule has 0 aromatic heterocycles. The first-order chi connectivity index (χ1) is 11.5. The number of aliphatic hydroxyl groups is 1. The number of Topliss-reactive ketones (excluding diaryl/α,β-unsaturated/α-hetero) is 1. The van der Waals surface area contributed by atoms with Gasteiger partial charge < -0.3 is 14.6 Å². The van der Waals surface area contributed by atoms with Crippen LogP contribution in [0.25, 0.3) is 0 Å². The number of rotatable bonds is 1. The number of likely N-dealkylation sites (N-methyl/N-ethyl adjacent to an activating group) is 1. The lowest BCUT2D eigenvalue weighted by Crippen LogP contribution is -2.71. The minimum Gasteiger partial charge on any atom is -0.493 e. The summed E-state index contributed by atoms with van der Waals surface area (Å²) in [5, 5.41) is 11.9. The van der Waals surface area contributed by atoms with Gasteiger partial charge in [0.15, 0.2) is 23.4 Å². The van der Waals surface area contributed by atoms with Crippen LogP contribution in [0.4, 0.5) is 0 Å². The highest BCUT2D eigenvalue weighted by atomic mass is 16.5. The minimum absolute atomic E-state index is 0.0823. The molecule has 24 heavy (non-hydrogen) atoms. The van der Waals surface area contributed by atoms with Crippen LogP contribution in [0, 0.1) is 5.41 Å². The normalized spacial score (nSPS) is 46.9. The second kappa shape index (κ2) is 3.65. The third-order valence-corrected chi connectivity index (χ3v) is 7.59. The summed E-state index contributed by atoms with van der Waals surface area (Å²) >= 11 is 0. The van der Waals surface area contributed by atoms with Crippen molar-refractivity contribution in [1.82, 2.24) is 4.90 Å². The molecular weight excluding hydrogens is 306 g/mol. The van der Waals surface area contributed by atoms with E-state index in [1.165, 1.54) is 5.56 Å². The molecule has 126 valence electrons. The molecule has 2 heterocycles. The van der Waals surface area contributed by atoms with Crippen molar-refractivity contribution in [3.8, 4) is 11.5 Å². The molecule has 1 N–H and O–H groups in total. The summed E-state index contributed by atoms with van der Waals surface area (Å²) in [5.74, 6) is 1.51. The topological polar surface area (TPSA) is 59.0 Å². The fraction of sp³-hybridized carbons (Fsp3) is 0.632. The zero-order valence-corrected chi connectivity index (χ0v) is 14.0. The van der Waals surface area contributed by atoms with Crippen LogP contribution in [-0.2, 0) is 16.6 Å². The molecule has 2 aliphatic heterocycles. The van der Waals surface area contributed by atoms with Crippen molar-refractivity contribution < 1.29 is 19.4 Å². The average molecular weight is 327 g/mol. The molecule has 6 rings (SSSR count). The summed E-state index contributed by atoms with van der Waals surface area (Å²) < 4.78 is 11.7. The molecule has 1 aromatic rings. The van der Waals surface area contributed by atoms with Gasteiger partial charge in [-0.25, -0.2) is 0 Å². The summed E-state index contributed by atoms with van der Waals surface area (Å²) in [6.07, 6.45) is 2.20. The first-order valence-electron chi connectivity index (χ1n) is 8.79. The Hall–Kier alpha value is -1.59. The van der Waals surface area contributed by atoms with Crippen molar-refractivity contribution in [3.05, 3.63) is 23.3 Å². The Kier molecular flexibility index (Phi) is 2.08. The number of hydrogen-bond donors (Lipinski definition) is 1. The van der Waals surface area contributed by atoms with Gasteiger partial charge in [-0.05, 0) is 37.9 Å². The van der Waals surface area contributed by atoms with Crippen LogP contribution >= 0.6 is 0 Å². The molecule has 3 fully saturated rings. The fourth-order valence-corrected chi connectivity index (χ4v) is 7.24. The zero-order valence-electron chi connectivity index (χ0n) is 14.0. The van der Waals surface area contributed by atoms with E-state index >= 15 is 0 Å². The lowest BCUT2D eigenvalue weighted by atomic mass is 9.57. The Bertz CT molecular complexity index is 822. The van der Waals surface area contributed by atoms with Crippen LogP contribution in [0.1, 0.15) is 30.4 Å². The van der Waals surface area contributed by atoms with Gasteiger partial charge in [0.05, 0.1) is 18.1 Å². The lowest BCUT2D eigenvalue weighted by molar-refractivity contribution is -0.165. The van der Waals surface area contributed by atoms with Gasteiger partial charge in [-0.15, -0.1) is 0 Å². The van der Waals surface area contributed by atoms with Crippen molar-refractivity contribution in [1.29, 1.82) is 0 Å². The number of carbonyl (C=O) groups is 1. The number of hydrogen-bond acceptors (Lipinski definition) is 5. The number of ketones is 1. The van der Waals surface area contributed by atoms with Crippen molar-refractivity contribution in [2.75, 3.05) is 20.7 Å². The molecule has 5 heteroatoms. The molecule has 0 radical (unpaired) electrons. The minimum atomic E-state index is -0.887. The molecule has 5 nitrogen and oxygen atoms in total. The van der Waals surface area contributed by atoms with Gasteiger partial charge in [-0.1, -0.05) is 6.07 Å². The number of methoxy groups -OCH3 is 1. The van der Waals surface area contributed by atoms with E-state index in [2.05, 4.69) is 18.0 Å². The summed E-state index contributed by atoms with van der Waals surface area (Å²) in [6.45, 7) is 0.990. The predicted molar refractivity (Wildman–Crippen MR) is 85.5 cm³/mol. The maximum absolute atomic E-state index is 12.8. The van der Waals surface area contributed by atoms with Gasteiger partial charge in [0.2, 0.25) is 0 Å². The number of benzene rings is 1. The van der Waals surface area contributed by atoms with Crippen molar-refractivity contribution >= 4 is 5.78 Å². The molecule has 0 unspecified atom stereocenters. The van der Waals surface area contributed by atoms with E-state index in [0.29, 0.717) is 24.3 Å². The lowest BCUT2D eigenvalue weighted by Gasteiger charge is -2.57. The van der Waals surface area contributed by atoms with E-state index in [4.69, 9.17) is 9.47 Å². The van der Waals surface area contributed by atoms with Crippen LogP contribution < -0.4 is 9.47 Å². The summed E-state index contributed by atoms with van der Waals surface area (Å²) in [5.41, 5.74) is 0.911. The highest BCUT2D eigenvalue weighted by Gasteiger charge is 2.82. The standard InChI is InChI=1S/C19H21NO4/c1-20-9-17-7-10-3-4-12(23-2)14-13(10)18(8-17)15(24-14)11(21)5-6-19(18,22)16(17)20/h3-4,15-16,22H,5-9H2,1-2H3/t15-,16+,17-,18-,19+/m0/s1. The van der Waals surface area contributed by atoms with Gasteiger partial charge in [0.25, 0.3) is 0 Å². The van der Waals surface area contributed by atoms with E-state index in [1.807, 2.05) is 6.07 Å². The number of ether oxygens (including phenoxy) is 2. The maximum Gasteiger partial charge on any atom is 0.174 e. The van der Waals surface area contributed by atoms with Crippen molar-refractivity contribution in [2.45, 2.75) is 48.8 Å². The first-order valence-corrected chi connectivity index (χ1v) is 8.79. The Morgan fingerprint density at radius 2 is 2.25 bits per heavy atom. The monoisotopic (exact) mass is 327 g/mol. The molecule has 2 spiro atoms. The highest BCUT2D eigenvalue weighted by molar-refractivity contribution is 5.90. The summed E-state index contributed by atoms with van der Waals surface area (Å²) in [7, 11) is 3.73. The van der Waals surface area contributed by atoms with Crippen molar-refractivity contribution in [2.24, 2.45) is 5.41 Å². The van der Waals surface area contributed by atoms with E-state index in [1.54, 1.807) is 7.11 Å². The third kappa shape index (κ3) is 1.08. The van der Waals surface area contributed by atoms with Crippen LogP contribution in [0.3, 0.4) is 0 Å². The molecule has 2 bridgehead atoms. The quantitative estimate of drug-likeness (QED) is 0.835. The van der Waals surface area contributed by atoms with Gasteiger partial charge >= 0.3 is 0 Å². The fourth-order valence-electron chi connectivity index (χ4n) is 7.24. The summed E-state index contributed by atoms with van der Waals surface area (Å²) in [4.78, 5) is 15.1. The second-order valence-electron chi connectivity index (χ2n) is 8.52. The average Bonchev–Trinajstić information content (AvgIpc) is 2.96. The molecule has 1 saturated heterocycles. The molecule has 2 saturated carbocycles. The van der Waals surface area contributed by atoms with Gasteiger partial charge in [-0.3, -0.25) is 9.69 Å². The molecule has 5 atom stereocenters. The molecule has 3 aliphatic carbocycles. The molecule has 1 aromatic carbocycles. The van der Waals surface area contributed by atoms with Gasteiger partial charge in [0, 0.05) is 30.0 Å². The van der Waals surface area contributed by atoms with Gasteiger partial charge in [0.1, 0.15) is 0 Å². The van der Waals surface area contributed by atoms with Crippen LogP contribution in [0.2, 0.25) is 0 Å².